The van der Waals surface area contributed by atoms with Gasteiger partial charge in [0.2, 0.25) is 0 Å². The van der Waals surface area contributed by atoms with Gasteiger partial charge in [-0.3, -0.25) is 4.79 Å². The molecule has 1 heterocycles. The van der Waals surface area contributed by atoms with Crippen LogP contribution < -0.4 is 11.1 Å². The van der Waals surface area contributed by atoms with Crippen molar-refractivity contribution in [3.8, 4) is 0 Å². The van der Waals surface area contributed by atoms with E-state index in [9.17, 15) is 9.18 Å². The monoisotopic (exact) mass is 263 g/mol. The molecule has 100 valence electrons. The molecule has 0 spiro atoms. The van der Waals surface area contributed by atoms with Gasteiger partial charge in [0.1, 0.15) is 11.6 Å². The van der Waals surface area contributed by atoms with Crippen LogP contribution in [-0.2, 0) is 6.54 Å². The molecule has 1 aromatic heterocycles. The first-order chi connectivity index (χ1) is 8.97. The van der Waals surface area contributed by atoms with Crippen LogP contribution in [0.3, 0.4) is 0 Å². The van der Waals surface area contributed by atoms with E-state index in [2.05, 4.69) is 10.5 Å². The predicted molar refractivity (Wildman–Crippen MR) is 68.0 cm³/mol. The van der Waals surface area contributed by atoms with Gasteiger partial charge in [-0.15, -0.1) is 0 Å². The predicted octanol–water partition coefficient (Wildman–Crippen LogP) is 1.94. The second-order valence-corrected chi connectivity index (χ2v) is 4.26. The number of nitrogens with one attached hydrogen (secondary N) is 1. The molecule has 0 aliphatic rings. The van der Waals surface area contributed by atoms with Crippen LogP contribution in [0.1, 0.15) is 27.4 Å². The summed E-state index contributed by atoms with van der Waals surface area (Å²) in [5, 5.41) is 6.47. The number of nitrogen functional groups attached to an aromatic ring is 1. The Morgan fingerprint density at radius 3 is 2.74 bits per heavy atom. The first-order valence-corrected chi connectivity index (χ1v) is 5.73. The lowest BCUT2D eigenvalue weighted by atomic mass is 10.1. The lowest BCUT2D eigenvalue weighted by Crippen LogP contribution is -2.23. The van der Waals surface area contributed by atoms with E-state index in [0.717, 1.165) is 23.4 Å². The number of carbonyl (C=O) groups is 1. The molecule has 0 bridgehead atoms. The molecule has 0 saturated heterocycles. The van der Waals surface area contributed by atoms with Crippen LogP contribution in [-0.4, -0.2) is 11.1 Å². The van der Waals surface area contributed by atoms with Crippen molar-refractivity contribution >= 4 is 11.6 Å². The third-order valence-electron chi connectivity index (χ3n) is 2.79. The topological polar surface area (TPSA) is 81.2 Å². The van der Waals surface area contributed by atoms with Crippen LogP contribution in [0.25, 0.3) is 0 Å². The Balaban J connectivity index is 2.09. The minimum absolute atomic E-state index is 0.185. The van der Waals surface area contributed by atoms with E-state index in [1.165, 1.54) is 6.07 Å². The number of hydrogen-bond donors (Lipinski definition) is 2. The quantitative estimate of drug-likeness (QED) is 0.829. The third kappa shape index (κ3) is 2.90. The van der Waals surface area contributed by atoms with Gasteiger partial charge in [0.25, 0.3) is 5.91 Å². The van der Waals surface area contributed by atoms with Crippen molar-refractivity contribution in [3.63, 3.8) is 0 Å². The summed E-state index contributed by atoms with van der Waals surface area (Å²) in [6.07, 6.45) is 0. The van der Waals surface area contributed by atoms with Crippen molar-refractivity contribution in [1.29, 1.82) is 0 Å². The summed E-state index contributed by atoms with van der Waals surface area (Å²) in [5.74, 6) is -0.287. The maximum absolute atomic E-state index is 13.1. The normalized spacial score (nSPS) is 10.5. The van der Waals surface area contributed by atoms with Crippen molar-refractivity contribution in [1.82, 2.24) is 10.5 Å². The van der Waals surface area contributed by atoms with Gasteiger partial charge in [0, 0.05) is 23.4 Å². The summed E-state index contributed by atoms with van der Waals surface area (Å²) in [6.45, 7) is 3.83. The van der Waals surface area contributed by atoms with Gasteiger partial charge < -0.3 is 15.6 Å². The summed E-state index contributed by atoms with van der Waals surface area (Å²) in [5.41, 5.74) is 7.42. The molecule has 1 aromatic carbocycles. The van der Waals surface area contributed by atoms with Gasteiger partial charge in [-0.05, 0) is 32.0 Å². The molecule has 6 heteroatoms. The van der Waals surface area contributed by atoms with E-state index < -0.39 is 11.7 Å². The van der Waals surface area contributed by atoms with Gasteiger partial charge in [-0.2, -0.15) is 0 Å². The highest BCUT2D eigenvalue weighted by Crippen LogP contribution is 2.13. The molecule has 3 N–H and O–H groups in total. The molecule has 0 saturated carbocycles. The fourth-order valence-corrected chi connectivity index (χ4v) is 1.77. The first-order valence-electron chi connectivity index (χ1n) is 5.73. The molecule has 19 heavy (non-hydrogen) atoms. The third-order valence-corrected chi connectivity index (χ3v) is 2.79. The molecular formula is C13H14FN3O2. The average molecular weight is 263 g/mol. The Hall–Kier alpha value is -2.37. The first kappa shape index (κ1) is 13.1. The highest BCUT2D eigenvalue weighted by atomic mass is 19.1. The molecule has 0 fully saturated rings. The van der Waals surface area contributed by atoms with Crippen molar-refractivity contribution in [2.75, 3.05) is 5.73 Å². The smallest absolute Gasteiger partial charge is 0.251 e. The average Bonchev–Trinajstić information content (AvgIpc) is 2.65. The molecule has 2 rings (SSSR count). The van der Waals surface area contributed by atoms with E-state index in [1.54, 1.807) is 13.8 Å². The van der Waals surface area contributed by atoms with Crippen LogP contribution in [0, 0.1) is 19.7 Å². The standard InChI is InChI=1S/C13H14FN3O2/c1-7-12(8(2)19-17-7)6-16-13(18)9-3-10(14)5-11(15)4-9/h3-5H,6,15H2,1-2H3,(H,16,18). The SMILES string of the molecule is Cc1noc(C)c1CNC(=O)c1cc(N)cc(F)c1. The number of aromatic nitrogens is 1. The number of halogens is 1. The van der Waals surface area contributed by atoms with Crippen LogP contribution in [0.15, 0.2) is 22.7 Å². The maximum atomic E-state index is 13.1. The number of aryl methyl sites for hydroxylation is 2. The largest absolute Gasteiger partial charge is 0.399 e. The second-order valence-electron chi connectivity index (χ2n) is 4.26. The van der Waals surface area contributed by atoms with Gasteiger partial charge in [-0.1, -0.05) is 5.16 Å². The Kier molecular flexibility index (Phi) is 3.50. The number of nitrogens with two attached hydrogens (primary N) is 1. The summed E-state index contributed by atoms with van der Waals surface area (Å²) in [7, 11) is 0. The Labute approximate surface area is 109 Å². The second kappa shape index (κ2) is 5.09. The molecule has 1 amide bonds. The van der Waals surface area contributed by atoms with Crippen molar-refractivity contribution in [2.24, 2.45) is 0 Å². The highest BCUT2D eigenvalue weighted by Gasteiger charge is 2.12. The summed E-state index contributed by atoms with van der Waals surface area (Å²) in [4.78, 5) is 11.9. The molecule has 0 radical (unpaired) electrons. The Bertz CT molecular complexity index is 583. The van der Waals surface area contributed by atoms with Gasteiger partial charge >= 0.3 is 0 Å². The number of anilines is 1. The van der Waals surface area contributed by atoms with E-state index in [0.29, 0.717) is 5.76 Å². The zero-order chi connectivity index (χ0) is 14.0. The molecule has 0 unspecified atom stereocenters. The lowest BCUT2D eigenvalue weighted by molar-refractivity contribution is 0.0950. The fraction of sp³-hybridized carbons (Fsp3) is 0.231. The van der Waals surface area contributed by atoms with Crippen molar-refractivity contribution in [2.45, 2.75) is 20.4 Å². The molecular weight excluding hydrogens is 249 g/mol. The zero-order valence-electron chi connectivity index (χ0n) is 10.7. The maximum Gasteiger partial charge on any atom is 0.251 e. The van der Waals surface area contributed by atoms with Crippen LogP contribution in [0.2, 0.25) is 0 Å². The number of hydrogen-bond acceptors (Lipinski definition) is 4. The van der Waals surface area contributed by atoms with Crippen molar-refractivity contribution in [3.05, 3.63) is 46.6 Å². The Morgan fingerprint density at radius 2 is 2.16 bits per heavy atom. The van der Waals surface area contributed by atoms with Crippen LogP contribution in [0.5, 0.6) is 0 Å². The summed E-state index contributed by atoms with van der Waals surface area (Å²) >= 11 is 0. The van der Waals surface area contributed by atoms with E-state index in [-0.39, 0.29) is 17.8 Å². The lowest BCUT2D eigenvalue weighted by Gasteiger charge is -2.06. The van der Waals surface area contributed by atoms with Gasteiger partial charge in [0.15, 0.2) is 0 Å². The van der Waals surface area contributed by atoms with Crippen molar-refractivity contribution < 1.29 is 13.7 Å². The molecule has 0 aliphatic carbocycles. The minimum Gasteiger partial charge on any atom is -0.399 e. The fourth-order valence-electron chi connectivity index (χ4n) is 1.77. The summed E-state index contributed by atoms with van der Waals surface area (Å²) in [6, 6.07) is 3.72. The zero-order valence-corrected chi connectivity index (χ0v) is 10.7. The highest BCUT2D eigenvalue weighted by molar-refractivity contribution is 5.95. The van der Waals surface area contributed by atoms with Crippen LogP contribution in [0.4, 0.5) is 10.1 Å². The van der Waals surface area contributed by atoms with E-state index in [4.69, 9.17) is 10.3 Å². The molecule has 0 atom stereocenters. The van der Waals surface area contributed by atoms with Gasteiger partial charge in [0.05, 0.1) is 5.69 Å². The van der Waals surface area contributed by atoms with Crippen LogP contribution >= 0.6 is 0 Å². The molecule has 2 aromatic rings. The number of amides is 1. The molecule has 0 aliphatic heterocycles. The molecule has 5 nitrogen and oxygen atoms in total. The van der Waals surface area contributed by atoms with E-state index >= 15 is 0 Å². The Morgan fingerprint density at radius 1 is 1.42 bits per heavy atom. The summed E-state index contributed by atoms with van der Waals surface area (Å²) < 4.78 is 18.1. The van der Waals surface area contributed by atoms with E-state index in [1.807, 2.05) is 0 Å². The number of nitrogens with zero attached hydrogens (tertiary/aromatic N) is 1. The number of rotatable bonds is 3. The van der Waals surface area contributed by atoms with Gasteiger partial charge in [-0.25, -0.2) is 4.39 Å². The minimum atomic E-state index is -0.539. The number of benzene rings is 1. The number of carbonyl (C=O) groups excluding carboxylic acids is 1.